The van der Waals surface area contributed by atoms with Gasteiger partial charge in [-0.3, -0.25) is 4.79 Å². The van der Waals surface area contributed by atoms with Crippen molar-refractivity contribution >= 4 is 5.91 Å². The number of rotatable bonds is 4. The van der Waals surface area contributed by atoms with Crippen molar-refractivity contribution in [1.29, 1.82) is 0 Å². The fourth-order valence-corrected chi connectivity index (χ4v) is 2.02. The second kappa shape index (κ2) is 6.02. The Morgan fingerprint density at radius 3 is 2.32 bits per heavy atom. The molecule has 112 valence electrons. The number of piperidine rings is 1. The molecule has 19 heavy (non-hydrogen) atoms. The van der Waals surface area contributed by atoms with Gasteiger partial charge in [-0.15, -0.1) is 0 Å². The molecule has 1 unspecified atom stereocenters. The van der Waals surface area contributed by atoms with Crippen molar-refractivity contribution < 1.29 is 26.7 Å². The lowest BCUT2D eigenvalue weighted by molar-refractivity contribution is -0.274. The van der Waals surface area contributed by atoms with Crippen LogP contribution in [0.1, 0.15) is 26.2 Å². The molecule has 0 aromatic rings. The van der Waals surface area contributed by atoms with Gasteiger partial charge >= 0.3 is 18.0 Å². The summed E-state index contributed by atoms with van der Waals surface area (Å²) in [6.07, 6.45) is -3.37. The van der Waals surface area contributed by atoms with Gasteiger partial charge in [0.05, 0.1) is 0 Å². The Morgan fingerprint density at radius 2 is 1.89 bits per heavy atom. The van der Waals surface area contributed by atoms with E-state index in [1.807, 2.05) is 0 Å². The van der Waals surface area contributed by atoms with Crippen LogP contribution in [-0.4, -0.2) is 48.6 Å². The van der Waals surface area contributed by atoms with Gasteiger partial charge in [0.15, 0.2) is 0 Å². The van der Waals surface area contributed by atoms with Crippen LogP contribution in [-0.2, 0) is 4.79 Å². The normalized spacial score (nSPS) is 21.3. The summed E-state index contributed by atoms with van der Waals surface area (Å²) in [5.74, 6) is -7.49. The number of hydrogen-bond donors (Lipinski definition) is 1. The van der Waals surface area contributed by atoms with E-state index < -0.39 is 18.0 Å². The van der Waals surface area contributed by atoms with E-state index in [1.165, 1.54) is 6.92 Å². The number of amides is 1. The van der Waals surface area contributed by atoms with Crippen molar-refractivity contribution in [3.8, 4) is 0 Å². The minimum Gasteiger partial charge on any atom is -0.336 e. The Hall–Kier alpha value is -0.920. The van der Waals surface area contributed by atoms with Crippen LogP contribution in [0.15, 0.2) is 0 Å². The van der Waals surface area contributed by atoms with Gasteiger partial charge in [-0.2, -0.15) is 22.0 Å². The molecule has 1 amide bonds. The van der Waals surface area contributed by atoms with Crippen molar-refractivity contribution in [2.45, 2.75) is 44.3 Å². The molecular weight excluding hydrogens is 271 g/mol. The molecule has 1 N–H and O–H groups in total. The molecule has 0 aromatic heterocycles. The van der Waals surface area contributed by atoms with E-state index >= 15 is 0 Å². The molecule has 0 bridgehead atoms. The van der Waals surface area contributed by atoms with E-state index in [1.54, 1.807) is 0 Å². The van der Waals surface area contributed by atoms with Gasteiger partial charge < -0.3 is 10.2 Å². The van der Waals surface area contributed by atoms with Crippen LogP contribution in [0.25, 0.3) is 0 Å². The number of nitrogens with one attached hydrogen (secondary N) is 1. The van der Waals surface area contributed by atoms with E-state index in [0.29, 0.717) is 17.9 Å². The molecular formula is C11H17F5N2O. The molecule has 1 aliphatic heterocycles. The minimum atomic E-state index is -5.85. The molecule has 0 saturated carbocycles. The first-order valence-corrected chi connectivity index (χ1v) is 6.17. The van der Waals surface area contributed by atoms with E-state index in [0.717, 1.165) is 12.8 Å². The van der Waals surface area contributed by atoms with Crippen LogP contribution in [0.4, 0.5) is 22.0 Å². The molecule has 1 atom stereocenters. The highest BCUT2D eigenvalue weighted by molar-refractivity contribution is 5.84. The number of alkyl halides is 5. The number of hydrogen-bond acceptors (Lipinski definition) is 2. The zero-order valence-corrected chi connectivity index (χ0v) is 10.6. The predicted octanol–water partition coefficient (Wildman–Crippen LogP) is 2.17. The lowest BCUT2D eigenvalue weighted by Crippen LogP contribution is -2.55. The lowest BCUT2D eigenvalue weighted by Gasteiger charge is -2.32. The molecule has 1 saturated heterocycles. The molecule has 3 nitrogen and oxygen atoms in total. The Bertz CT molecular complexity index is 313. The zero-order valence-electron chi connectivity index (χ0n) is 10.6. The number of carbonyl (C=O) groups is 1. The topological polar surface area (TPSA) is 32.3 Å². The Labute approximate surface area is 108 Å². The fraction of sp³-hybridized carbons (Fsp3) is 0.909. The van der Waals surface area contributed by atoms with Gasteiger partial charge in [-0.1, -0.05) is 6.42 Å². The molecule has 8 heteroatoms. The summed E-state index contributed by atoms with van der Waals surface area (Å²) in [5.41, 5.74) is 0. The third-order valence-electron chi connectivity index (χ3n) is 3.15. The highest BCUT2D eigenvalue weighted by atomic mass is 19.4. The minimum absolute atomic E-state index is 0.124. The Morgan fingerprint density at radius 1 is 1.26 bits per heavy atom. The van der Waals surface area contributed by atoms with Crippen LogP contribution in [0.5, 0.6) is 0 Å². The zero-order chi connectivity index (χ0) is 14.7. The third kappa shape index (κ3) is 3.77. The maximum absolute atomic E-state index is 13.0. The summed E-state index contributed by atoms with van der Waals surface area (Å²) in [7, 11) is 0. The summed E-state index contributed by atoms with van der Waals surface area (Å²) in [6, 6.07) is -0.221. The number of nitrogens with zero attached hydrogens (tertiary/aromatic N) is 1. The highest BCUT2D eigenvalue weighted by Crippen LogP contribution is 2.36. The summed E-state index contributed by atoms with van der Waals surface area (Å²) in [4.78, 5) is 11.9. The first kappa shape index (κ1) is 16.1. The van der Waals surface area contributed by atoms with Crippen LogP contribution < -0.4 is 5.32 Å². The monoisotopic (exact) mass is 288 g/mol. The molecule has 1 rings (SSSR count). The van der Waals surface area contributed by atoms with Crippen molar-refractivity contribution in [3.05, 3.63) is 0 Å². The number of likely N-dealkylation sites (N-methyl/N-ethyl adjacent to an activating group) is 1. The summed E-state index contributed by atoms with van der Waals surface area (Å²) in [6.45, 7) is 1.77. The van der Waals surface area contributed by atoms with Gasteiger partial charge in [0, 0.05) is 19.1 Å². The maximum Gasteiger partial charge on any atom is 0.463 e. The molecule has 1 fully saturated rings. The smallest absolute Gasteiger partial charge is 0.336 e. The quantitative estimate of drug-likeness (QED) is 0.804. The second-order valence-corrected chi connectivity index (χ2v) is 4.56. The van der Waals surface area contributed by atoms with Crippen molar-refractivity contribution in [2.24, 2.45) is 0 Å². The van der Waals surface area contributed by atoms with E-state index in [4.69, 9.17) is 0 Å². The first-order valence-electron chi connectivity index (χ1n) is 6.17. The van der Waals surface area contributed by atoms with Crippen molar-refractivity contribution in [3.63, 3.8) is 0 Å². The summed E-state index contributed by atoms with van der Waals surface area (Å²) < 4.78 is 62.4. The fourth-order valence-electron chi connectivity index (χ4n) is 2.02. The van der Waals surface area contributed by atoms with Gasteiger partial charge in [-0.05, 0) is 26.3 Å². The summed E-state index contributed by atoms with van der Waals surface area (Å²) in [5, 5.41) is 3.01. The molecule has 0 spiro atoms. The number of halogens is 5. The Kier molecular flexibility index (Phi) is 5.11. The lowest BCUT2D eigenvalue weighted by atomic mass is 10.0. The van der Waals surface area contributed by atoms with Crippen molar-refractivity contribution in [2.75, 3.05) is 19.6 Å². The third-order valence-corrected chi connectivity index (χ3v) is 3.15. The van der Waals surface area contributed by atoms with Crippen LogP contribution in [0, 0.1) is 0 Å². The largest absolute Gasteiger partial charge is 0.463 e. The van der Waals surface area contributed by atoms with Crippen LogP contribution in [0.3, 0.4) is 0 Å². The van der Waals surface area contributed by atoms with Gasteiger partial charge in [-0.25, -0.2) is 0 Å². The van der Waals surface area contributed by atoms with Gasteiger partial charge in [0.1, 0.15) is 0 Å². The van der Waals surface area contributed by atoms with Crippen LogP contribution in [0.2, 0.25) is 0 Å². The standard InChI is InChI=1S/C11H17F5N2O/c1-2-18(7-8-5-3-4-6-17-8)9(19)10(12,13)11(14,15)16/h8,17H,2-7H2,1H3. The average molecular weight is 288 g/mol. The van der Waals surface area contributed by atoms with E-state index in [9.17, 15) is 26.7 Å². The molecule has 0 aromatic carbocycles. The summed E-state index contributed by atoms with van der Waals surface area (Å²) >= 11 is 0. The molecule has 1 heterocycles. The SMILES string of the molecule is CCN(CC1CCCCN1)C(=O)C(F)(F)C(F)(F)F. The van der Waals surface area contributed by atoms with Crippen LogP contribution >= 0.6 is 0 Å². The maximum atomic E-state index is 13.0. The van der Waals surface area contributed by atoms with E-state index in [2.05, 4.69) is 5.32 Å². The Balaban J connectivity index is 2.70. The van der Waals surface area contributed by atoms with Crippen molar-refractivity contribution in [1.82, 2.24) is 10.2 Å². The van der Waals surface area contributed by atoms with E-state index in [-0.39, 0.29) is 19.1 Å². The molecule has 0 radical (unpaired) electrons. The van der Waals surface area contributed by atoms with Gasteiger partial charge in [0.2, 0.25) is 0 Å². The first-order chi connectivity index (χ1) is 8.70. The predicted molar refractivity (Wildman–Crippen MR) is 58.9 cm³/mol. The second-order valence-electron chi connectivity index (χ2n) is 4.56. The number of carbonyl (C=O) groups excluding carboxylic acids is 1. The molecule has 1 aliphatic rings. The highest BCUT2D eigenvalue weighted by Gasteiger charge is 2.64. The average Bonchev–Trinajstić information content (AvgIpc) is 2.35. The molecule has 0 aliphatic carbocycles. The van der Waals surface area contributed by atoms with Gasteiger partial charge in [0.25, 0.3) is 0 Å².